The second-order valence-electron chi connectivity index (χ2n) is 6.92. The average Bonchev–Trinajstić information content (AvgIpc) is 2.77. The Hall–Kier alpha value is -3.58. The van der Waals surface area contributed by atoms with Crippen molar-refractivity contribution in [2.45, 2.75) is 13.1 Å². The van der Waals surface area contributed by atoms with Gasteiger partial charge in [0.25, 0.3) is 0 Å². The molecule has 3 aromatic rings. The van der Waals surface area contributed by atoms with Crippen LogP contribution < -0.4 is 16.8 Å². The summed E-state index contributed by atoms with van der Waals surface area (Å²) in [6.07, 6.45) is -2.07. The van der Waals surface area contributed by atoms with E-state index in [0.29, 0.717) is 15.6 Å². The second-order valence-corrected chi connectivity index (χ2v) is 8.25. The number of aromatic nitrogens is 2. The fourth-order valence-corrected chi connectivity index (χ4v) is 3.49. The monoisotopic (exact) mass is 569 g/mol. The minimum Gasteiger partial charge on any atom is -0.401 e. The van der Waals surface area contributed by atoms with Gasteiger partial charge in [-0.05, 0) is 42.8 Å². The summed E-state index contributed by atoms with van der Waals surface area (Å²) in [7, 11) is 0. The minimum absolute atomic E-state index is 0.0388. The fraction of sp³-hybridized carbons (Fsp3) is 0.143. The van der Waals surface area contributed by atoms with Gasteiger partial charge in [0.05, 0.1) is 28.7 Å². The molecule has 14 heteroatoms. The van der Waals surface area contributed by atoms with Gasteiger partial charge in [-0.1, -0.05) is 27.5 Å². The van der Waals surface area contributed by atoms with Gasteiger partial charge < -0.3 is 21.0 Å². The molecule has 35 heavy (non-hydrogen) atoms. The first-order chi connectivity index (χ1) is 16.5. The van der Waals surface area contributed by atoms with Crippen LogP contribution >= 0.6 is 27.5 Å². The fourth-order valence-electron chi connectivity index (χ4n) is 2.75. The van der Waals surface area contributed by atoms with Crippen molar-refractivity contribution in [3.8, 4) is 0 Å². The molecule has 4 N–H and O–H groups in total. The Labute approximate surface area is 209 Å². The molecule has 2 aromatic heterocycles. The largest absolute Gasteiger partial charge is 0.436 e. The van der Waals surface area contributed by atoms with E-state index in [1.165, 1.54) is 18.3 Å². The van der Waals surface area contributed by atoms with Gasteiger partial charge in [0.1, 0.15) is 5.71 Å². The molecule has 9 nitrogen and oxygen atoms in total. The number of fused-ring (bicyclic) bond motifs is 1. The molecule has 0 atom stereocenters. The van der Waals surface area contributed by atoms with Gasteiger partial charge in [0.15, 0.2) is 11.5 Å². The summed E-state index contributed by atoms with van der Waals surface area (Å²) in [5.41, 5.74) is 6.89. The molecule has 0 saturated heterocycles. The quantitative estimate of drug-likeness (QED) is 0.283. The van der Waals surface area contributed by atoms with Crippen LogP contribution in [0.4, 0.5) is 19.0 Å². The van der Waals surface area contributed by atoms with Crippen LogP contribution in [0.15, 0.2) is 66.0 Å². The predicted molar refractivity (Wildman–Crippen MR) is 131 cm³/mol. The Balaban J connectivity index is 2.08. The maximum atomic E-state index is 12.7. The molecule has 0 bridgehead atoms. The zero-order valence-corrected chi connectivity index (χ0v) is 20.2. The Bertz CT molecular complexity index is 1430. The van der Waals surface area contributed by atoms with E-state index in [-0.39, 0.29) is 46.3 Å². The molecule has 0 spiro atoms. The number of alkyl halides is 3. The Morgan fingerprint density at radius 1 is 1.40 bits per heavy atom. The first-order valence-corrected chi connectivity index (χ1v) is 10.8. The van der Waals surface area contributed by atoms with Gasteiger partial charge in [-0.2, -0.15) is 18.3 Å². The third kappa shape index (κ3) is 6.51. The number of allylic oxidation sites excluding steroid dienone is 1. The molecule has 0 saturated carbocycles. The van der Waals surface area contributed by atoms with Crippen molar-refractivity contribution in [3.63, 3.8) is 0 Å². The molecule has 0 fully saturated rings. The predicted octanol–water partition coefficient (Wildman–Crippen LogP) is 4.43. The highest BCUT2D eigenvalue weighted by molar-refractivity contribution is 9.10. The molecule has 0 unspecified atom stereocenters. The molecule has 0 aliphatic rings. The number of aliphatic imine (C=N–C) groups is 1. The number of nitrogens with one attached hydrogen (secondary N) is 2. The average molecular weight is 571 g/mol. The Morgan fingerprint density at radius 2 is 2.14 bits per heavy atom. The first kappa shape index (κ1) is 26.0. The third-order valence-electron chi connectivity index (χ3n) is 4.30. The van der Waals surface area contributed by atoms with Crippen LogP contribution in [0.1, 0.15) is 11.5 Å². The normalized spacial score (nSPS) is 13.3. The van der Waals surface area contributed by atoms with E-state index in [1.807, 2.05) is 0 Å². The topological polar surface area (TPSA) is 143 Å². The lowest BCUT2D eigenvalue weighted by molar-refractivity contribution is -0.0568. The maximum Gasteiger partial charge on any atom is 0.436 e. The number of pyridine rings is 1. The van der Waals surface area contributed by atoms with E-state index in [4.69, 9.17) is 27.2 Å². The summed E-state index contributed by atoms with van der Waals surface area (Å²) in [5.74, 6) is -0.143. The summed E-state index contributed by atoms with van der Waals surface area (Å²) >= 11 is 9.46. The first-order valence-electron chi connectivity index (χ1n) is 9.64. The van der Waals surface area contributed by atoms with Crippen molar-refractivity contribution in [3.05, 3.63) is 73.6 Å². The van der Waals surface area contributed by atoms with Crippen LogP contribution in [0.25, 0.3) is 10.9 Å². The summed E-state index contributed by atoms with van der Waals surface area (Å²) in [4.78, 5) is 25.4. The zero-order chi connectivity index (χ0) is 25.8. The van der Waals surface area contributed by atoms with Crippen molar-refractivity contribution < 1.29 is 17.6 Å². The van der Waals surface area contributed by atoms with E-state index in [9.17, 15) is 18.0 Å². The Morgan fingerprint density at radius 3 is 2.80 bits per heavy atom. The SMILES string of the molecule is Cc1cc(Br)cc2c(=O)oc(C(/C=C(\N)CN/N=C(\C=N)C(F)(F)F)=N\c3ncccc3Cl)nc12. The molecule has 182 valence electrons. The van der Waals surface area contributed by atoms with Gasteiger partial charge in [-0.25, -0.2) is 19.8 Å². The number of halogens is 5. The van der Waals surface area contributed by atoms with E-state index in [1.54, 1.807) is 25.1 Å². The molecular formula is C21H16BrClF3N7O2. The van der Waals surface area contributed by atoms with Gasteiger partial charge >= 0.3 is 11.8 Å². The van der Waals surface area contributed by atoms with E-state index in [0.717, 1.165) is 0 Å². The summed E-state index contributed by atoms with van der Waals surface area (Å²) in [6, 6.07) is 6.45. The number of benzene rings is 1. The highest BCUT2D eigenvalue weighted by Gasteiger charge is 2.34. The van der Waals surface area contributed by atoms with Gasteiger partial charge in [0, 0.05) is 16.4 Å². The lowest BCUT2D eigenvalue weighted by Crippen LogP contribution is -2.28. The number of hydrogen-bond donors (Lipinski definition) is 3. The van der Waals surface area contributed by atoms with Gasteiger partial charge in [-0.3, -0.25) is 0 Å². The molecule has 0 aliphatic heterocycles. The third-order valence-corrected chi connectivity index (χ3v) is 5.06. The van der Waals surface area contributed by atoms with E-state index >= 15 is 0 Å². The summed E-state index contributed by atoms with van der Waals surface area (Å²) < 4.78 is 44.2. The van der Waals surface area contributed by atoms with Crippen LogP contribution in [0.2, 0.25) is 5.02 Å². The van der Waals surface area contributed by atoms with Crippen LogP contribution in [-0.2, 0) is 0 Å². The molecule has 1 aromatic carbocycles. The lowest BCUT2D eigenvalue weighted by Gasteiger charge is -2.08. The van der Waals surface area contributed by atoms with E-state index < -0.39 is 17.5 Å². The van der Waals surface area contributed by atoms with Crippen molar-refractivity contribution >= 4 is 61.9 Å². The van der Waals surface area contributed by atoms with Gasteiger partial charge in [-0.15, -0.1) is 0 Å². The van der Waals surface area contributed by atoms with Crippen molar-refractivity contribution in [1.82, 2.24) is 15.4 Å². The molecular weight excluding hydrogens is 555 g/mol. The van der Waals surface area contributed by atoms with Gasteiger partial charge in [0.2, 0.25) is 5.89 Å². The molecule has 2 heterocycles. The lowest BCUT2D eigenvalue weighted by atomic mass is 10.1. The number of hydrazone groups is 1. The molecule has 0 radical (unpaired) electrons. The standard InChI is InChI=1S/C21H16BrClF3N7O2/c1-10-5-11(22)6-13-17(10)32-19(35-20(13)34)15(31-18-14(23)3-2-4-29-18)7-12(28)9-30-33-16(8-27)21(24,25)26/h2-8,27,30H,9,28H2,1H3/b12-7-,27-8?,31-15-,33-16+. The van der Waals surface area contributed by atoms with Crippen LogP contribution in [-0.4, -0.2) is 40.3 Å². The number of nitrogens with two attached hydrogens (primary N) is 1. The van der Waals surface area contributed by atoms with Crippen LogP contribution in [0, 0.1) is 12.3 Å². The molecule has 0 aliphatic carbocycles. The van der Waals surface area contributed by atoms with Crippen LogP contribution in [0.5, 0.6) is 0 Å². The highest BCUT2D eigenvalue weighted by Crippen LogP contribution is 2.24. The van der Waals surface area contributed by atoms with E-state index in [2.05, 4.69) is 41.4 Å². The van der Waals surface area contributed by atoms with Crippen molar-refractivity contribution in [1.29, 1.82) is 5.41 Å². The van der Waals surface area contributed by atoms with Crippen molar-refractivity contribution in [2.24, 2.45) is 15.8 Å². The maximum absolute atomic E-state index is 12.7. The minimum atomic E-state index is -4.80. The molecule has 0 amide bonds. The summed E-state index contributed by atoms with van der Waals surface area (Å²) in [5, 5.41) is 10.4. The number of hydrogen-bond acceptors (Lipinski definition) is 9. The summed E-state index contributed by atoms with van der Waals surface area (Å²) in [6.45, 7) is 1.40. The number of nitrogens with zero attached hydrogens (tertiary/aromatic N) is 4. The van der Waals surface area contributed by atoms with Crippen LogP contribution in [0.3, 0.4) is 0 Å². The number of aryl methyl sites for hydroxylation is 1. The number of rotatable bonds is 7. The second kappa shape index (κ2) is 10.8. The molecule has 3 rings (SSSR count). The zero-order valence-electron chi connectivity index (χ0n) is 17.8. The smallest absolute Gasteiger partial charge is 0.401 e. The highest BCUT2D eigenvalue weighted by atomic mass is 79.9. The van der Waals surface area contributed by atoms with Crippen molar-refractivity contribution in [2.75, 3.05) is 6.54 Å². The Kier molecular flexibility index (Phi) is 8.02.